The van der Waals surface area contributed by atoms with Crippen molar-refractivity contribution < 1.29 is 18.8 Å². The maximum absolute atomic E-state index is 12.5. The van der Waals surface area contributed by atoms with Crippen LogP contribution in [0.25, 0.3) is 11.3 Å². The Hall–Kier alpha value is -3.93. The van der Waals surface area contributed by atoms with Gasteiger partial charge in [-0.25, -0.2) is 4.98 Å². The molecule has 0 aliphatic carbocycles. The second-order valence-corrected chi connectivity index (χ2v) is 6.63. The second-order valence-electron chi connectivity index (χ2n) is 6.63. The third kappa shape index (κ3) is 4.72. The average molecular weight is 400 g/mol. The van der Waals surface area contributed by atoms with Gasteiger partial charge in [-0.1, -0.05) is 35.5 Å². The number of ketones is 1. The third-order valence-electron chi connectivity index (χ3n) is 4.55. The number of methoxy groups -OCH3 is 1. The number of hydrogen-bond acceptors (Lipinski definition) is 6. The predicted octanol–water partition coefficient (Wildman–Crippen LogP) is 5.35. The molecule has 0 N–H and O–H groups in total. The Morgan fingerprint density at radius 3 is 2.57 bits per heavy atom. The van der Waals surface area contributed by atoms with E-state index >= 15 is 0 Å². The van der Waals surface area contributed by atoms with Gasteiger partial charge >= 0.3 is 0 Å². The molecule has 0 saturated heterocycles. The van der Waals surface area contributed by atoms with Gasteiger partial charge < -0.3 is 14.0 Å². The lowest BCUT2D eigenvalue weighted by Crippen LogP contribution is -2.01. The van der Waals surface area contributed by atoms with Crippen LogP contribution in [0.1, 0.15) is 22.5 Å². The summed E-state index contributed by atoms with van der Waals surface area (Å²) in [4.78, 5) is 16.7. The molecule has 2 heterocycles. The first-order valence-corrected chi connectivity index (χ1v) is 9.53. The zero-order chi connectivity index (χ0) is 20.8. The van der Waals surface area contributed by atoms with Gasteiger partial charge in [0.2, 0.25) is 5.88 Å². The van der Waals surface area contributed by atoms with Gasteiger partial charge in [0.1, 0.15) is 23.0 Å². The standard InChI is InChI=1S/C24H20N2O4/c1-28-20-9-5-6-17(14-20)22-15-21(30-26-22)11-12-23(27)18-10-13-24(25-16-18)29-19-7-3-2-4-8-19/h2-10,13-16H,11-12H2,1H3. The van der Waals surface area contributed by atoms with Crippen LogP contribution in [0.5, 0.6) is 17.4 Å². The number of para-hydroxylation sites is 1. The van der Waals surface area contributed by atoms with E-state index in [9.17, 15) is 4.79 Å². The number of aryl methyl sites for hydroxylation is 1. The smallest absolute Gasteiger partial charge is 0.219 e. The van der Waals surface area contributed by atoms with Gasteiger partial charge in [0, 0.05) is 42.3 Å². The summed E-state index contributed by atoms with van der Waals surface area (Å²) in [6.07, 6.45) is 2.29. The van der Waals surface area contributed by atoms with E-state index in [1.165, 1.54) is 6.20 Å². The molecule has 0 radical (unpaired) electrons. The molecule has 0 aliphatic heterocycles. The summed E-state index contributed by atoms with van der Waals surface area (Å²) in [5.74, 6) is 2.52. The van der Waals surface area contributed by atoms with Crippen LogP contribution < -0.4 is 9.47 Å². The molecule has 2 aromatic carbocycles. The maximum atomic E-state index is 12.5. The molecular formula is C24H20N2O4. The largest absolute Gasteiger partial charge is 0.497 e. The molecule has 0 aliphatic rings. The summed E-state index contributed by atoms with van der Waals surface area (Å²) in [6, 6.07) is 22.2. The maximum Gasteiger partial charge on any atom is 0.219 e. The Kier molecular flexibility index (Phi) is 5.85. The first kappa shape index (κ1) is 19.4. The summed E-state index contributed by atoms with van der Waals surface area (Å²) in [5.41, 5.74) is 2.14. The van der Waals surface area contributed by atoms with Crippen molar-refractivity contribution >= 4 is 5.78 Å². The topological polar surface area (TPSA) is 74.5 Å². The molecule has 6 nitrogen and oxygen atoms in total. The minimum absolute atomic E-state index is 0.0203. The van der Waals surface area contributed by atoms with E-state index in [-0.39, 0.29) is 5.78 Å². The molecule has 0 fully saturated rings. The van der Waals surface area contributed by atoms with Crippen molar-refractivity contribution in [2.75, 3.05) is 7.11 Å². The Labute approximate surface area is 174 Å². The van der Waals surface area contributed by atoms with Gasteiger partial charge in [0.05, 0.1) is 7.11 Å². The van der Waals surface area contributed by atoms with Gasteiger partial charge in [0.25, 0.3) is 0 Å². The summed E-state index contributed by atoms with van der Waals surface area (Å²) < 4.78 is 16.3. The van der Waals surface area contributed by atoms with Crippen LogP contribution in [0.15, 0.2) is 83.5 Å². The molecule has 30 heavy (non-hydrogen) atoms. The number of aromatic nitrogens is 2. The SMILES string of the molecule is COc1cccc(-c2cc(CCC(=O)c3ccc(Oc4ccccc4)nc3)on2)c1. The van der Waals surface area contributed by atoms with Crippen LogP contribution >= 0.6 is 0 Å². The number of rotatable bonds is 8. The van der Waals surface area contributed by atoms with E-state index in [4.69, 9.17) is 14.0 Å². The fourth-order valence-corrected chi connectivity index (χ4v) is 2.95. The lowest BCUT2D eigenvalue weighted by Gasteiger charge is -2.05. The van der Waals surface area contributed by atoms with Crippen LogP contribution in [0, 0.1) is 0 Å². The minimum atomic E-state index is -0.0203. The van der Waals surface area contributed by atoms with Crippen LogP contribution in [0.2, 0.25) is 0 Å². The van der Waals surface area contributed by atoms with E-state index < -0.39 is 0 Å². The molecule has 0 unspecified atom stereocenters. The number of nitrogens with zero attached hydrogens (tertiary/aromatic N) is 2. The Balaban J connectivity index is 1.35. The summed E-state index contributed by atoms with van der Waals surface area (Å²) in [7, 11) is 1.62. The fraction of sp³-hybridized carbons (Fsp3) is 0.125. The highest BCUT2D eigenvalue weighted by Gasteiger charge is 2.12. The zero-order valence-electron chi connectivity index (χ0n) is 16.4. The molecule has 4 rings (SSSR count). The first-order valence-electron chi connectivity index (χ1n) is 9.53. The van der Waals surface area contributed by atoms with Gasteiger partial charge in [-0.3, -0.25) is 4.79 Å². The van der Waals surface area contributed by atoms with Gasteiger partial charge in [-0.15, -0.1) is 0 Å². The van der Waals surface area contributed by atoms with Crippen LogP contribution in [0.4, 0.5) is 0 Å². The predicted molar refractivity (Wildman–Crippen MR) is 112 cm³/mol. The number of hydrogen-bond donors (Lipinski definition) is 0. The minimum Gasteiger partial charge on any atom is -0.497 e. The Bertz CT molecular complexity index is 1120. The monoisotopic (exact) mass is 400 g/mol. The first-order chi connectivity index (χ1) is 14.7. The van der Waals surface area contributed by atoms with E-state index in [1.54, 1.807) is 19.2 Å². The molecule has 6 heteroatoms. The fourth-order valence-electron chi connectivity index (χ4n) is 2.95. The van der Waals surface area contributed by atoms with Crippen molar-refractivity contribution in [3.63, 3.8) is 0 Å². The lowest BCUT2D eigenvalue weighted by molar-refractivity contribution is 0.0980. The number of Topliss-reactive ketones (excluding diaryl/α,β-unsaturated/α-hetero) is 1. The van der Waals surface area contributed by atoms with Crippen molar-refractivity contribution in [3.8, 4) is 28.6 Å². The quantitative estimate of drug-likeness (QED) is 0.371. The van der Waals surface area contributed by atoms with E-state index in [0.717, 1.165) is 11.3 Å². The summed E-state index contributed by atoms with van der Waals surface area (Å²) >= 11 is 0. The highest BCUT2D eigenvalue weighted by molar-refractivity contribution is 5.95. The lowest BCUT2D eigenvalue weighted by atomic mass is 10.1. The number of pyridine rings is 1. The Morgan fingerprint density at radius 2 is 1.80 bits per heavy atom. The number of carbonyl (C=O) groups excluding carboxylic acids is 1. The number of ether oxygens (including phenoxy) is 2. The highest BCUT2D eigenvalue weighted by atomic mass is 16.5. The molecule has 0 saturated carbocycles. The molecule has 0 spiro atoms. The third-order valence-corrected chi connectivity index (χ3v) is 4.55. The molecule has 150 valence electrons. The van der Waals surface area contributed by atoms with Crippen molar-refractivity contribution in [3.05, 3.63) is 90.3 Å². The normalized spacial score (nSPS) is 10.6. The van der Waals surface area contributed by atoms with Crippen LogP contribution in [-0.2, 0) is 6.42 Å². The van der Waals surface area contributed by atoms with Gasteiger partial charge in [-0.2, -0.15) is 0 Å². The second kappa shape index (κ2) is 9.05. The molecule has 2 aromatic heterocycles. The van der Waals surface area contributed by atoms with Gasteiger partial charge in [0.15, 0.2) is 5.78 Å². The average Bonchev–Trinajstić information content (AvgIpc) is 3.28. The molecule has 0 bridgehead atoms. The van der Waals surface area contributed by atoms with Crippen LogP contribution in [0.3, 0.4) is 0 Å². The molecule has 0 atom stereocenters. The van der Waals surface area contributed by atoms with Crippen molar-refractivity contribution in [1.82, 2.24) is 10.1 Å². The summed E-state index contributed by atoms with van der Waals surface area (Å²) in [5, 5.41) is 4.09. The molecule has 4 aromatic rings. The number of carbonyl (C=O) groups is 1. The van der Waals surface area contributed by atoms with Crippen molar-refractivity contribution in [2.45, 2.75) is 12.8 Å². The van der Waals surface area contributed by atoms with Crippen LogP contribution in [-0.4, -0.2) is 23.0 Å². The van der Waals surface area contributed by atoms with E-state index in [1.807, 2.05) is 60.7 Å². The van der Waals surface area contributed by atoms with E-state index in [2.05, 4.69) is 10.1 Å². The highest BCUT2D eigenvalue weighted by Crippen LogP contribution is 2.24. The van der Waals surface area contributed by atoms with Crippen molar-refractivity contribution in [1.29, 1.82) is 0 Å². The number of benzene rings is 2. The van der Waals surface area contributed by atoms with Crippen molar-refractivity contribution in [2.24, 2.45) is 0 Å². The summed E-state index contributed by atoms with van der Waals surface area (Å²) in [6.45, 7) is 0. The molecule has 0 amide bonds. The molecular weight excluding hydrogens is 380 g/mol. The van der Waals surface area contributed by atoms with Gasteiger partial charge in [-0.05, 0) is 30.3 Å². The van der Waals surface area contributed by atoms with E-state index in [0.29, 0.717) is 41.5 Å². The Morgan fingerprint density at radius 1 is 0.967 bits per heavy atom. The zero-order valence-corrected chi connectivity index (χ0v) is 16.4.